The van der Waals surface area contributed by atoms with Crippen LogP contribution < -0.4 is 11.1 Å². The number of nitrogens with two attached hydrogens (primary N) is 1. The molecule has 21 heavy (non-hydrogen) atoms. The predicted octanol–water partition coefficient (Wildman–Crippen LogP) is 0.540. The summed E-state index contributed by atoms with van der Waals surface area (Å²) in [5.41, 5.74) is 7.07. The second-order valence-electron chi connectivity index (χ2n) is 5.67. The molecule has 0 spiro atoms. The molecule has 1 aromatic rings. The largest absolute Gasteiger partial charge is 0.329 e. The smallest absolute Gasteiger partial charge is 0.0368 e. The fourth-order valence-corrected chi connectivity index (χ4v) is 3.51. The molecule has 2 unspecified atom stereocenters. The molecule has 0 bridgehead atoms. The molecule has 2 aliphatic heterocycles. The Kier molecular flexibility index (Phi) is 4.43. The number of aromatic nitrogens is 1. The minimum atomic E-state index is -0.0483. The van der Waals surface area contributed by atoms with E-state index in [0.29, 0.717) is 12.6 Å². The van der Waals surface area contributed by atoms with Gasteiger partial charge < -0.3 is 11.1 Å². The molecular weight excluding hydrogens is 262 g/mol. The van der Waals surface area contributed by atoms with Gasteiger partial charge in [0.25, 0.3) is 0 Å². The Morgan fingerprint density at radius 3 is 2.95 bits per heavy atom. The van der Waals surface area contributed by atoms with Gasteiger partial charge in [0, 0.05) is 69.0 Å². The quantitative estimate of drug-likeness (QED) is 0.847. The number of pyridine rings is 1. The van der Waals surface area contributed by atoms with Crippen molar-refractivity contribution in [3.8, 4) is 0 Å². The third-order valence-corrected chi connectivity index (χ3v) is 4.58. The minimum absolute atomic E-state index is 0.0483. The van der Waals surface area contributed by atoms with Crippen molar-refractivity contribution >= 4 is 6.21 Å². The van der Waals surface area contributed by atoms with Gasteiger partial charge in [-0.25, -0.2) is 0 Å². The molecule has 0 aliphatic carbocycles. The van der Waals surface area contributed by atoms with E-state index >= 15 is 0 Å². The third-order valence-electron chi connectivity index (χ3n) is 4.58. The molecule has 2 aliphatic rings. The number of hydrogen-bond donors (Lipinski definition) is 2. The van der Waals surface area contributed by atoms with Gasteiger partial charge in [0.2, 0.25) is 0 Å². The molecule has 5 heteroatoms. The van der Waals surface area contributed by atoms with Crippen molar-refractivity contribution in [1.29, 1.82) is 0 Å². The van der Waals surface area contributed by atoms with Gasteiger partial charge in [0.1, 0.15) is 0 Å². The summed E-state index contributed by atoms with van der Waals surface area (Å²) in [6.45, 7) is 4.67. The zero-order valence-corrected chi connectivity index (χ0v) is 12.3. The lowest BCUT2D eigenvalue weighted by Crippen LogP contribution is -2.61. The van der Waals surface area contributed by atoms with Gasteiger partial charge in [-0.2, -0.15) is 0 Å². The van der Waals surface area contributed by atoms with Gasteiger partial charge in [-0.3, -0.25) is 14.9 Å². The lowest BCUT2D eigenvalue weighted by Gasteiger charge is -2.47. The van der Waals surface area contributed by atoms with Gasteiger partial charge in [-0.05, 0) is 24.1 Å². The summed E-state index contributed by atoms with van der Waals surface area (Å²) in [5, 5.41) is 3.54. The summed E-state index contributed by atoms with van der Waals surface area (Å²) in [4.78, 5) is 11.0. The Hall–Kier alpha value is -1.56. The second kappa shape index (κ2) is 6.47. The van der Waals surface area contributed by atoms with Gasteiger partial charge in [0.05, 0.1) is 0 Å². The molecule has 2 atom stereocenters. The SMILES string of the molecule is NCCN1CCNCC1C1(c2ccncc2)C=CN=CC1. The molecule has 0 aromatic carbocycles. The summed E-state index contributed by atoms with van der Waals surface area (Å²) in [5.74, 6) is 0. The zero-order valence-electron chi connectivity index (χ0n) is 12.3. The summed E-state index contributed by atoms with van der Waals surface area (Å²) >= 11 is 0. The van der Waals surface area contributed by atoms with Crippen LogP contribution in [0.3, 0.4) is 0 Å². The van der Waals surface area contributed by atoms with Crippen molar-refractivity contribution in [3.63, 3.8) is 0 Å². The molecule has 3 N–H and O–H groups in total. The van der Waals surface area contributed by atoms with Crippen molar-refractivity contribution in [1.82, 2.24) is 15.2 Å². The van der Waals surface area contributed by atoms with Crippen LogP contribution in [-0.2, 0) is 5.41 Å². The number of nitrogens with one attached hydrogen (secondary N) is 1. The third kappa shape index (κ3) is 2.77. The maximum atomic E-state index is 5.82. The number of rotatable bonds is 4. The van der Waals surface area contributed by atoms with Gasteiger partial charge in [0.15, 0.2) is 0 Å². The average molecular weight is 285 g/mol. The number of nitrogens with zero attached hydrogens (tertiary/aromatic N) is 3. The van der Waals surface area contributed by atoms with Crippen LogP contribution in [0.4, 0.5) is 0 Å². The lowest BCUT2D eigenvalue weighted by molar-refractivity contribution is 0.115. The van der Waals surface area contributed by atoms with Crippen molar-refractivity contribution in [3.05, 3.63) is 42.4 Å². The molecule has 112 valence electrons. The van der Waals surface area contributed by atoms with Crippen LogP contribution in [-0.4, -0.2) is 54.9 Å². The Bertz CT molecular complexity index is 511. The minimum Gasteiger partial charge on any atom is -0.329 e. The van der Waals surface area contributed by atoms with Crippen LogP contribution in [0.5, 0.6) is 0 Å². The Morgan fingerprint density at radius 1 is 1.38 bits per heavy atom. The Balaban J connectivity index is 1.99. The first kappa shape index (κ1) is 14.4. The maximum Gasteiger partial charge on any atom is 0.0368 e. The van der Waals surface area contributed by atoms with Crippen molar-refractivity contribution in [2.75, 3.05) is 32.7 Å². The first-order valence-electron chi connectivity index (χ1n) is 7.61. The van der Waals surface area contributed by atoms with Crippen molar-refractivity contribution < 1.29 is 0 Å². The zero-order chi connectivity index (χ0) is 14.5. The van der Waals surface area contributed by atoms with Crippen LogP contribution in [0.1, 0.15) is 12.0 Å². The number of hydrogen-bond acceptors (Lipinski definition) is 5. The molecule has 0 amide bonds. The highest BCUT2D eigenvalue weighted by Crippen LogP contribution is 2.37. The van der Waals surface area contributed by atoms with Gasteiger partial charge >= 0.3 is 0 Å². The molecule has 3 rings (SSSR count). The van der Waals surface area contributed by atoms with E-state index < -0.39 is 0 Å². The van der Waals surface area contributed by atoms with Crippen LogP contribution in [0.25, 0.3) is 0 Å². The predicted molar refractivity (Wildman–Crippen MR) is 85.4 cm³/mol. The van der Waals surface area contributed by atoms with E-state index in [0.717, 1.165) is 32.6 Å². The van der Waals surface area contributed by atoms with E-state index in [9.17, 15) is 0 Å². The Labute approximate surface area is 126 Å². The highest BCUT2D eigenvalue weighted by Gasteiger charge is 2.42. The normalized spacial score (nSPS) is 29.7. The Morgan fingerprint density at radius 2 is 2.24 bits per heavy atom. The number of aliphatic imine (C=N–C) groups is 1. The summed E-state index contributed by atoms with van der Waals surface area (Å²) in [6.07, 6.45) is 10.9. The second-order valence-corrected chi connectivity index (χ2v) is 5.67. The fraction of sp³-hybridized carbons (Fsp3) is 0.500. The van der Waals surface area contributed by atoms with Gasteiger partial charge in [-0.1, -0.05) is 6.08 Å². The fourth-order valence-electron chi connectivity index (χ4n) is 3.51. The summed E-state index contributed by atoms with van der Waals surface area (Å²) in [6, 6.07) is 4.64. The van der Waals surface area contributed by atoms with E-state index in [1.165, 1.54) is 5.56 Å². The van der Waals surface area contributed by atoms with Crippen LogP contribution in [0, 0.1) is 0 Å². The molecule has 1 saturated heterocycles. The number of piperazine rings is 1. The van der Waals surface area contributed by atoms with E-state index in [1.807, 2.05) is 24.8 Å². The first-order chi connectivity index (χ1) is 10.4. The van der Waals surface area contributed by atoms with Crippen LogP contribution >= 0.6 is 0 Å². The molecular formula is C16H23N5. The van der Waals surface area contributed by atoms with Crippen LogP contribution in [0.15, 0.2) is 41.8 Å². The molecule has 1 fully saturated rings. The van der Waals surface area contributed by atoms with Gasteiger partial charge in [-0.15, -0.1) is 0 Å². The molecule has 0 saturated carbocycles. The molecule has 3 heterocycles. The standard InChI is InChI=1S/C16H23N5/c17-5-11-21-12-10-20-13-15(21)16(3-8-19-9-4-16)14-1-6-18-7-2-14/h1-3,6-9,15,20H,4-5,10-13,17H2. The highest BCUT2D eigenvalue weighted by atomic mass is 15.2. The van der Waals surface area contributed by atoms with E-state index in [2.05, 4.69) is 38.4 Å². The molecule has 5 nitrogen and oxygen atoms in total. The van der Waals surface area contributed by atoms with E-state index in [1.54, 1.807) is 0 Å². The van der Waals surface area contributed by atoms with Crippen LogP contribution in [0.2, 0.25) is 0 Å². The van der Waals surface area contributed by atoms with E-state index in [4.69, 9.17) is 5.73 Å². The summed E-state index contributed by atoms with van der Waals surface area (Å²) < 4.78 is 0. The highest BCUT2D eigenvalue weighted by molar-refractivity contribution is 5.64. The van der Waals surface area contributed by atoms with E-state index in [-0.39, 0.29) is 5.41 Å². The lowest BCUT2D eigenvalue weighted by atomic mass is 9.70. The summed E-state index contributed by atoms with van der Waals surface area (Å²) in [7, 11) is 0. The maximum absolute atomic E-state index is 5.82. The monoisotopic (exact) mass is 285 g/mol. The topological polar surface area (TPSA) is 66.5 Å². The molecule has 1 aromatic heterocycles. The first-order valence-corrected chi connectivity index (χ1v) is 7.61. The average Bonchev–Trinajstić information content (AvgIpc) is 2.57. The molecule has 0 radical (unpaired) electrons. The van der Waals surface area contributed by atoms with Crippen molar-refractivity contribution in [2.24, 2.45) is 10.7 Å². The van der Waals surface area contributed by atoms with Crippen molar-refractivity contribution in [2.45, 2.75) is 17.9 Å².